The maximum atomic E-state index is 11.8. The van der Waals surface area contributed by atoms with E-state index < -0.39 is 19.3 Å². The maximum absolute atomic E-state index is 11.8. The molecule has 0 aliphatic rings. The Kier molecular flexibility index (Phi) is 3.52. The Hall–Kier alpha value is -0.780. The zero-order valence-corrected chi connectivity index (χ0v) is 10.6. The van der Waals surface area contributed by atoms with Crippen molar-refractivity contribution in [3.05, 3.63) is 29.8 Å². The van der Waals surface area contributed by atoms with Crippen molar-refractivity contribution in [1.82, 2.24) is 0 Å². The molecule has 0 saturated heterocycles. The van der Waals surface area contributed by atoms with Gasteiger partial charge in [-0.05, 0) is 12.1 Å². The molecule has 7 heteroatoms. The largest absolute Gasteiger partial charge is 0.399 e. The van der Waals surface area contributed by atoms with Gasteiger partial charge in [-0.1, -0.05) is 35.3 Å². The number of hydrogen-bond acceptors (Lipinski definition) is 4. The smallest absolute Gasteiger partial charge is 0.280 e. The van der Waals surface area contributed by atoms with Crippen LogP contribution in [0.1, 0.15) is 10.4 Å². The van der Waals surface area contributed by atoms with Crippen LogP contribution in [-0.2, 0) is 9.84 Å². The summed E-state index contributed by atoms with van der Waals surface area (Å²) in [5.74, 6) is -0.911. The highest BCUT2D eigenvalue weighted by atomic mass is 35.5. The van der Waals surface area contributed by atoms with E-state index in [2.05, 4.69) is 0 Å². The van der Waals surface area contributed by atoms with Crippen LogP contribution in [0.3, 0.4) is 0 Å². The Morgan fingerprint density at radius 3 is 2.38 bits per heavy atom. The molecule has 0 bridgehead atoms. The molecule has 1 aromatic carbocycles. The van der Waals surface area contributed by atoms with Gasteiger partial charge in [-0.25, -0.2) is 8.42 Å². The first-order valence-corrected chi connectivity index (χ1v) is 6.79. The number of carbonyl (C=O) groups is 1. The zero-order valence-electron chi connectivity index (χ0n) is 8.28. The summed E-state index contributed by atoms with van der Waals surface area (Å²) in [7, 11) is -3.92. The molecule has 0 aromatic heterocycles. The van der Waals surface area contributed by atoms with Gasteiger partial charge >= 0.3 is 0 Å². The topological polar surface area (TPSA) is 77.2 Å². The summed E-state index contributed by atoms with van der Waals surface area (Å²) < 4.78 is 20.0. The molecule has 4 nitrogen and oxygen atoms in total. The third kappa shape index (κ3) is 2.48. The molecule has 16 heavy (non-hydrogen) atoms. The van der Waals surface area contributed by atoms with E-state index in [4.69, 9.17) is 28.9 Å². The fourth-order valence-corrected chi connectivity index (χ4v) is 1.69. The molecule has 0 aliphatic carbocycles. The number of benzene rings is 1. The predicted molar refractivity (Wildman–Crippen MR) is 64.5 cm³/mol. The number of ketones is 1. The van der Waals surface area contributed by atoms with Crippen molar-refractivity contribution >= 4 is 44.5 Å². The van der Waals surface area contributed by atoms with E-state index in [9.17, 15) is 13.2 Å². The molecule has 0 heterocycles. The Labute approximate surface area is 103 Å². The van der Waals surface area contributed by atoms with E-state index in [1.54, 1.807) is 6.07 Å². The second-order valence-electron chi connectivity index (χ2n) is 3.24. The fourth-order valence-electron chi connectivity index (χ4n) is 1.02. The van der Waals surface area contributed by atoms with Gasteiger partial charge in [0.15, 0.2) is 9.84 Å². The van der Waals surface area contributed by atoms with Gasteiger partial charge in [0.1, 0.15) is 0 Å². The second-order valence-corrected chi connectivity index (χ2v) is 7.18. The SMILES string of the molecule is CS(=O)(=O)C(Cl)(Cl)C(=O)c1cccc(N)c1. The van der Waals surface area contributed by atoms with Crippen LogP contribution in [0.4, 0.5) is 5.69 Å². The number of alkyl halides is 2. The first kappa shape index (κ1) is 13.3. The number of sulfone groups is 1. The minimum atomic E-state index is -3.92. The van der Waals surface area contributed by atoms with E-state index >= 15 is 0 Å². The minimum Gasteiger partial charge on any atom is -0.399 e. The highest BCUT2D eigenvalue weighted by molar-refractivity contribution is 7.95. The fraction of sp³-hybridized carbons (Fsp3) is 0.222. The average Bonchev–Trinajstić information content (AvgIpc) is 2.14. The van der Waals surface area contributed by atoms with Crippen molar-refractivity contribution in [1.29, 1.82) is 0 Å². The van der Waals surface area contributed by atoms with Crippen molar-refractivity contribution in [3.8, 4) is 0 Å². The highest BCUT2D eigenvalue weighted by Crippen LogP contribution is 2.31. The average molecular weight is 282 g/mol. The molecule has 0 saturated carbocycles. The lowest BCUT2D eigenvalue weighted by Crippen LogP contribution is -2.34. The molecule has 0 radical (unpaired) electrons. The maximum Gasteiger partial charge on any atom is 0.280 e. The Morgan fingerprint density at radius 1 is 1.38 bits per heavy atom. The Morgan fingerprint density at radius 2 is 1.94 bits per heavy atom. The van der Waals surface area contributed by atoms with E-state index in [1.807, 2.05) is 0 Å². The number of rotatable bonds is 3. The Bertz CT molecular complexity index is 525. The van der Waals surface area contributed by atoms with Crippen LogP contribution in [0.25, 0.3) is 0 Å². The van der Waals surface area contributed by atoms with Crippen molar-refractivity contribution in [2.45, 2.75) is 3.67 Å². The standard InChI is InChI=1S/C9H9Cl2NO3S/c1-16(14,15)9(10,11)8(13)6-3-2-4-7(12)5-6/h2-5H,12H2,1H3. The molecule has 0 atom stereocenters. The van der Waals surface area contributed by atoms with Crippen molar-refractivity contribution < 1.29 is 13.2 Å². The molecule has 0 spiro atoms. The molecule has 1 aromatic rings. The van der Waals surface area contributed by atoms with Gasteiger partial charge in [-0.15, -0.1) is 0 Å². The number of halogens is 2. The summed E-state index contributed by atoms with van der Waals surface area (Å²) in [5, 5.41) is 0. The van der Waals surface area contributed by atoms with Gasteiger partial charge in [-0.3, -0.25) is 4.79 Å². The molecule has 0 amide bonds. The van der Waals surface area contributed by atoms with Crippen molar-refractivity contribution in [2.24, 2.45) is 0 Å². The van der Waals surface area contributed by atoms with Crippen LogP contribution in [0.15, 0.2) is 24.3 Å². The number of hydrogen-bond donors (Lipinski definition) is 1. The van der Waals surface area contributed by atoms with Gasteiger partial charge in [0, 0.05) is 17.5 Å². The van der Waals surface area contributed by atoms with Crippen LogP contribution in [-0.4, -0.2) is 24.1 Å². The number of nitrogens with two attached hydrogens (primary N) is 1. The Balaban J connectivity index is 3.23. The molecule has 88 valence electrons. The van der Waals surface area contributed by atoms with Crippen LogP contribution in [0, 0.1) is 0 Å². The van der Waals surface area contributed by atoms with Crippen LogP contribution in [0.2, 0.25) is 0 Å². The number of Topliss-reactive ketones (excluding diaryl/α,β-unsaturated/α-hetero) is 1. The summed E-state index contributed by atoms with van der Waals surface area (Å²) in [6.45, 7) is 0. The summed E-state index contributed by atoms with van der Waals surface area (Å²) in [4.78, 5) is 11.8. The zero-order chi connectivity index (χ0) is 12.6. The predicted octanol–water partition coefficient (Wildman–Crippen LogP) is 1.63. The summed E-state index contributed by atoms with van der Waals surface area (Å²) >= 11 is 11.1. The van der Waals surface area contributed by atoms with Crippen molar-refractivity contribution in [2.75, 3.05) is 12.0 Å². The van der Waals surface area contributed by atoms with E-state index in [0.29, 0.717) is 5.69 Å². The molecular weight excluding hydrogens is 273 g/mol. The quantitative estimate of drug-likeness (QED) is 0.519. The van der Waals surface area contributed by atoms with E-state index in [1.165, 1.54) is 18.2 Å². The van der Waals surface area contributed by atoms with Crippen LogP contribution in [0.5, 0.6) is 0 Å². The van der Waals surface area contributed by atoms with Gasteiger partial charge in [0.2, 0.25) is 5.78 Å². The van der Waals surface area contributed by atoms with Crippen LogP contribution < -0.4 is 5.73 Å². The normalized spacial score (nSPS) is 12.4. The second kappa shape index (κ2) is 4.24. The number of nitrogen functional groups attached to an aromatic ring is 1. The number of carbonyl (C=O) groups excluding carboxylic acids is 1. The van der Waals surface area contributed by atoms with Gasteiger partial charge < -0.3 is 5.73 Å². The molecule has 0 aliphatic heterocycles. The summed E-state index contributed by atoms with van der Waals surface area (Å²) in [5.41, 5.74) is 5.83. The monoisotopic (exact) mass is 281 g/mol. The van der Waals surface area contributed by atoms with E-state index in [-0.39, 0.29) is 5.56 Å². The molecule has 0 fully saturated rings. The third-order valence-corrected chi connectivity index (χ3v) is 5.02. The van der Waals surface area contributed by atoms with Gasteiger partial charge in [0.25, 0.3) is 3.67 Å². The van der Waals surface area contributed by atoms with Crippen molar-refractivity contribution in [3.63, 3.8) is 0 Å². The highest BCUT2D eigenvalue weighted by Gasteiger charge is 2.44. The first-order chi connectivity index (χ1) is 7.16. The lowest BCUT2D eigenvalue weighted by molar-refractivity contribution is 0.0996. The van der Waals surface area contributed by atoms with Gasteiger partial charge in [0.05, 0.1) is 0 Å². The minimum absolute atomic E-state index is 0.0513. The lowest BCUT2D eigenvalue weighted by atomic mass is 10.1. The summed E-state index contributed by atoms with van der Waals surface area (Å²) in [6.07, 6.45) is 0.789. The summed E-state index contributed by atoms with van der Waals surface area (Å²) in [6, 6.07) is 5.77. The van der Waals surface area contributed by atoms with Gasteiger partial charge in [-0.2, -0.15) is 0 Å². The molecular formula is C9H9Cl2NO3S. The lowest BCUT2D eigenvalue weighted by Gasteiger charge is -2.15. The first-order valence-electron chi connectivity index (χ1n) is 4.14. The molecule has 2 N–H and O–H groups in total. The molecule has 0 unspecified atom stereocenters. The van der Waals surface area contributed by atoms with Crippen LogP contribution >= 0.6 is 23.2 Å². The number of anilines is 1. The third-order valence-electron chi connectivity index (χ3n) is 1.88. The molecule has 1 rings (SSSR count). The van der Waals surface area contributed by atoms with E-state index in [0.717, 1.165) is 6.26 Å².